The predicted molar refractivity (Wildman–Crippen MR) is 88.1 cm³/mol. The van der Waals surface area contributed by atoms with Gasteiger partial charge in [0, 0.05) is 11.4 Å². The number of nitrogens with zero attached hydrogens (tertiary/aromatic N) is 1. The Morgan fingerprint density at radius 1 is 1.41 bits per heavy atom. The zero-order valence-electron chi connectivity index (χ0n) is 12.5. The van der Waals surface area contributed by atoms with Crippen molar-refractivity contribution in [2.45, 2.75) is 17.7 Å². The molecule has 3 rings (SSSR count). The fraction of sp³-hybridized carbons (Fsp3) is 0.500. The summed E-state index contributed by atoms with van der Waals surface area (Å²) in [7, 11) is 0. The number of carbonyl (C=O) groups is 2. The summed E-state index contributed by atoms with van der Waals surface area (Å²) in [6.07, 6.45) is 2.31. The maximum Gasteiger partial charge on any atom is 0.240 e. The molecule has 0 saturated carbocycles. The van der Waals surface area contributed by atoms with E-state index < -0.39 is 0 Å². The zero-order chi connectivity index (χ0) is 15.4. The van der Waals surface area contributed by atoms with E-state index in [1.54, 1.807) is 4.90 Å². The van der Waals surface area contributed by atoms with Crippen molar-refractivity contribution in [2.75, 3.05) is 36.8 Å². The number of amides is 2. The average Bonchev–Trinajstić information content (AvgIpc) is 2.56. The van der Waals surface area contributed by atoms with Crippen molar-refractivity contribution in [3.63, 3.8) is 0 Å². The Bertz CT molecular complexity index is 558. The van der Waals surface area contributed by atoms with Crippen molar-refractivity contribution in [1.29, 1.82) is 0 Å². The summed E-state index contributed by atoms with van der Waals surface area (Å²) in [6, 6.07) is 7.75. The van der Waals surface area contributed by atoms with E-state index in [1.165, 1.54) is 11.8 Å². The summed E-state index contributed by atoms with van der Waals surface area (Å²) in [5.74, 6) is 0.813. The first-order valence-corrected chi connectivity index (χ1v) is 8.72. The molecule has 2 aliphatic rings. The van der Waals surface area contributed by atoms with E-state index in [0.717, 1.165) is 36.5 Å². The molecule has 1 aromatic carbocycles. The van der Waals surface area contributed by atoms with Crippen LogP contribution in [0.3, 0.4) is 0 Å². The van der Waals surface area contributed by atoms with E-state index in [9.17, 15) is 9.59 Å². The van der Waals surface area contributed by atoms with Crippen LogP contribution in [0, 0.1) is 5.92 Å². The van der Waals surface area contributed by atoms with Crippen LogP contribution >= 0.6 is 11.8 Å². The normalized spacial score (nSPS) is 21.4. The Labute approximate surface area is 134 Å². The van der Waals surface area contributed by atoms with Crippen LogP contribution in [0.1, 0.15) is 12.8 Å². The molecule has 1 aromatic rings. The van der Waals surface area contributed by atoms with Crippen LogP contribution in [-0.4, -0.2) is 43.7 Å². The van der Waals surface area contributed by atoms with Gasteiger partial charge >= 0.3 is 0 Å². The van der Waals surface area contributed by atoms with Gasteiger partial charge in [0.1, 0.15) is 6.54 Å². The number of hydrogen-bond acceptors (Lipinski definition) is 4. The number of nitrogens with one attached hydrogen (secondary N) is 2. The lowest BCUT2D eigenvalue weighted by Crippen LogP contribution is -2.45. The van der Waals surface area contributed by atoms with Crippen LogP contribution in [0.4, 0.5) is 5.69 Å². The molecule has 118 valence electrons. The Morgan fingerprint density at radius 2 is 2.27 bits per heavy atom. The second kappa shape index (κ2) is 7.15. The number of anilines is 1. The van der Waals surface area contributed by atoms with E-state index >= 15 is 0 Å². The van der Waals surface area contributed by atoms with Gasteiger partial charge in [0.2, 0.25) is 11.8 Å². The van der Waals surface area contributed by atoms with Crippen molar-refractivity contribution in [3.8, 4) is 0 Å². The summed E-state index contributed by atoms with van der Waals surface area (Å²) >= 11 is 1.53. The van der Waals surface area contributed by atoms with Gasteiger partial charge in [-0.15, -0.1) is 11.8 Å². The maximum absolute atomic E-state index is 12.2. The number of hydrogen-bond donors (Lipinski definition) is 2. The van der Waals surface area contributed by atoms with Crippen molar-refractivity contribution >= 4 is 29.3 Å². The molecule has 6 heteroatoms. The van der Waals surface area contributed by atoms with Crippen LogP contribution in [0.15, 0.2) is 29.2 Å². The smallest absolute Gasteiger partial charge is 0.240 e. The fourth-order valence-electron chi connectivity index (χ4n) is 2.88. The van der Waals surface area contributed by atoms with E-state index in [1.807, 2.05) is 24.3 Å². The van der Waals surface area contributed by atoms with Gasteiger partial charge < -0.3 is 15.5 Å². The van der Waals surface area contributed by atoms with E-state index in [4.69, 9.17) is 0 Å². The maximum atomic E-state index is 12.2. The highest BCUT2D eigenvalue weighted by Gasteiger charge is 2.26. The van der Waals surface area contributed by atoms with Gasteiger partial charge in [-0.25, -0.2) is 0 Å². The highest BCUT2D eigenvalue weighted by Crippen LogP contribution is 2.34. The molecule has 0 bridgehead atoms. The van der Waals surface area contributed by atoms with Gasteiger partial charge in [-0.1, -0.05) is 12.1 Å². The summed E-state index contributed by atoms with van der Waals surface area (Å²) < 4.78 is 0. The van der Waals surface area contributed by atoms with Gasteiger partial charge in [0.15, 0.2) is 0 Å². The Balaban J connectivity index is 1.57. The summed E-state index contributed by atoms with van der Waals surface area (Å²) in [6.45, 7) is 2.82. The van der Waals surface area contributed by atoms with Crippen molar-refractivity contribution in [3.05, 3.63) is 24.3 Å². The minimum Gasteiger partial charge on any atom is -0.354 e. The third-order valence-corrected chi connectivity index (χ3v) is 5.14. The molecule has 0 aromatic heterocycles. The molecule has 2 N–H and O–H groups in total. The SMILES string of the molecule is O=C(CN1C(=O)CSc2ccccc21)NCC1CCCNC1. The monoisotopic (exact) mass is 319 g/mol. The van der Waals surface area contributed by atoms with E-state index in [2.05, 4.69) is 10.6 Å². The zero-order valence-corrected chi connectivity index (χ0v) is 13.3. The molecule has 0 spiro atoms. The number of benzene rings is 1. The second-order valence-corrected chi connectivity index (χ2v) is 6.77. The molecule has 1 atom stereocenters. The highest BCUT2D eigenvalue weighted by molar-refractivity contribution is 8.00. The number of thioether (sulfide) groups is 1. The summed E-state index contributed by atoms with van der Waals surface area (Å²) in [4.78, 5) is 26.9. The van der Waals surface area contributed by atoms with Crippen LogP contribution in [0.5, 0.6) is 0 Å². The third-order valence-electron chi connectivity index (χ3n) is 4.10. The van der Waals surface area contributed by atoms with Crippen LogP contribution < -0.4 is 15.5 Å². The van der Waals surface area contributed by atoms with Crippen LogP contribution in [-0.2, 0) is 9.59 Å². The lowest BCUT2D eigenvalue weighted by atomic mass is 10.00. The fourth-order valence-corrected chi connectivity index (χ4v) is 3.82. The summed E-state index contributed by atoms with van der Waals surface area (Å²) in [5, 5.41) is 6.31. The number of piperidine rings is 1. The Kier molecular flexibility index (Phi) is 5.00. The molecule has 2 aliphatic heterocycles. The number of para-hydroxylation sites is 1. The lowest BCUT2D eigenvalue weighted by molar-refractivity contribution is -0.123. The van der Waals surface area contributed by atoms with E-state index in [-0.39, 0.29) is 18.4 Å². The molecule has 22 heavy (non-hydrogen) atoms. The quantitative estimate of drug-likeness (QED) is 0.877. The van der Waals surface area contributed by atoms with E-state index in [0.29, 0.717) is 18.2 Å². The van der Waals surface area contributed by atoms with Gasteiger partial charge in [-0.05, 0) is 44.0 Å². The molecule has 5 nitrogen and oxygen atoms in total. The first kappa shape index (κ1) is 15.4. The molecular weight excluding hydrogens is 298 g/mol. The molecule has 0 radical (unpaired) electrons. The summed E-state index contributed by atoms with van der Waals surface area (Å²) in [5.41, 5.74) is 0.846. The standard InChI is InChI=1S/C16H21N3O2S/c20-15(18-9-12-4-3-7-17-8-12)10-19-13-5-1-2-6-14(13)22-11-16(19)21/h1-2,5-6,12,17H,3-4,7-11H2,(H,18,20). The number of carbonyl (C=O) groups excluding carboxylic acids is 2. The molecule has 2 amide bonds. The number of rotatable bonds is 4. The highest BCUT2D eigenvalue weighted by atomic mass is 32.2. The molecular formula is C16H21N3O2S. The largest absolute Gasteiger partial charge is 0.354 e. The van der Waals surface area contributed by atoms with Gasteiger partial charge in [-0.3, -0.25) is 9.59 Å². The minimum absolute atomic E-state index is 0.00168. The predicted octanol–water partition coefficient (Wildman–Crippen LogP) is 1.24. The number of fused-ring (bicyclic) bond motifs is 1. The molecule has 1 unspecified atom stereocenters. The third kappa shape index (κ3) is 3.62. The second-order valence-electron chi connectivity index (χ2n) is 5.75. The lowest BCUT2D eigenvalue weighted by Gasteiger charge is -2.29. The Hall–Kier alpha value is -1.53. The molecule has 1 fully saturated rings. The van der Waals surface area contributed by atoms with Crippen molar-refractivity contribution < 1.29 is 9.59 Å². The van der Waals surface area contributed by atoms with Gasteiger partial charge in [-0.2, -0.15) is 0 Å². The topological polar surface area (TPSA) is 61.4 Å². The van der Waals surface area contributed by atoms with Gasteiger partial charge in [0.25, 0.3) is 0 Å². The molecule has 2 heterocycles. The Morgan fingerprint density at radius 3 is 3.09 bits per heavy atom. The average molecular weight is 319 g/mol. The van der Waals surface area contributed by atoms with Crippen LogP contribution in [0.2, 0.25) is 0 Å². The first-order valence-electron chi connectivity index (χ1n) is 7.73. The van der Waals surface area contributed by atoms with Gasteiger partial charge in [0.05, 0.1) is 11.4 Å². The first-order chi connectivity index (χ1) is 10.7. The van der Waals surface area contributed by atoms with Crippen molar-refractivity contribution in [2.24, 2.45) is 5.92 Å². The molecule has 0 aliphatic carbocycles. The molecule has 1 saturated heterocycles. The van der Waals surface area contributed by atoms with Crippen molar-refractivity contribution in [1.82, 2.24) is 10.6 Å². The van der Waals surface area contributed by atoms with Crippen LogP contribution in [0.25, 0.3) is 0 Å². The minimum atomic E-state index is -0.0828.